The van der Waals surface area contributed by atoms with Crippen molar-refractivity contribution >= 4 is 67.1 Å². The molecule has 0 aliphatic rings. The fourth-order valence-electron chi connectivity index (χ4n) is 2.61. The summed E-state index contributed by atoms with van der Waals surface area (Å²) in [7, 11) is 0. The molecular formula is C18H15ClN2O4S2. The summed E-state index contributed by atoms with van der Waals surface area (Å²) in [6.45, 7) is 3.42. The lowest BCUT2D eigenvalue weighted by Gasteiger charge is -2.06. The van der Waals surface area contributed by atoms with E-state index in [1.54, 1.807) is 13.8 Å². The van der Waals surface area contributed by atoms with Gasteiger partial charge in [-0.1, -0.05) is 29.8 Å². The highest BCUT2D eigenvalue weighted by Gasteiger charge is 2.27. The van der Waals surface area contributed by atoms with Crippen molar-refractivity contribution < 1.29 is 19.1 Å². The van der Waals surface area contributed by atoms with E-state index >= 15 is 0 Å². The molecule has 0 saturated carbocycles. The van der Waals surface area contributed by atoms with E-state index in [2.05, 4.69) is 5.32 Å². The summed E-state index contributed by atoms with van der Waals surface area (Å²) in [5.41, 5.74) is 5.88. The van der Waals surface area contributed by atoms with Crippen LogP contribution in [-0.4, -0.2) is 24.4 Å². The number of carbonyl (C=O) groups is 3. The number of esters is 1. The number of rotatable bonds is 5. The van der Waals surface area contributed by atoms with Crippen molar-refractivity contribution in [1.82, 2.24) is 0 Å². The summed E-state index contributed by atoms with van der Waals surface area (Å²) in [6, 6.07) is 7.39. The van der Waals surface area contributed by atoms with Crippen LogP contribution in [0.2, 0.25) is 5.02 Å². The molecule has 3 rings (SSSR count). The van der Waals surface area contributed by atoms with Crippen molar-refractivity contribution in [3.8, 4) is 0 Å². The Morgan fingerprint density at radius 1 is 1.19 bits per heavy atom. The van der Waals surface area contributed by atoms with Crippen LogP contribution in [0.3, 0.4) is 0 Å². The van der Waals surface area contributed by atoms with E-state index in [-0.39, 0.29) is 22.0 Å². The maximum atomic E-state index is 12.8. The van der Waals surface area contributed by atoms with E-state index in [9.17, 15) is 14.4 Å². The fourth-order valence-corrected chi connectivity index (χ4v) is 5.06. The van der Waals surface area contributed by atoms with Crippen LogP contribution >= 0.6 is 34.3 Å². The number of nitrogens with one attached hydrogen (secondary N) is 1. The minimum absolute atomic E-state index is 0.126. The summed E-state index contributed by atoms with van der Waals surface area (Å²) in [5.74, 6) is -1.77. The number of fused-ring (bicyclic) bond motifs is 1. The van der Waals surface area contributed by atoms with Gasteiger partial charge >= 0.3 is 5.97 Å². The second-order valence-electron chi connectivity index (χ2n) is 5.54. The Labute approximate surface area is 167 Å². The normalized spacial score (nSPS) is 10.8. The Morgan fingerprint density at radius 2 is 1.89 bits per heavy atom. The molecule has 9 heteroatoms. The topological polar surface area (TPSA) is 98.5 Å². The van der Waals surface area contributed by atoms with Crippen molar-refractivity contribution in [3.05, 3.63) is 50.2 Å². The molecule has 2 amide bonds. The smallest absolute Gasteiger partial charge is 0.341 e. The Bertz CT molecular complexity index is 1070. The third kappa shape index (κ3) is 3.55. The lowest BCUT2D eigenvalue weighted by Crippen LogP contribution is -2.14. The number of thiophene rings is 2. The van der Waals surface area contributed by atoms with Crippen molar-refractivity contribution in [2.45, 2.75) is 13.8 Å². The summed E-state index contributed by atoms with van der Waals surface area (Å²) >= 11 is 8.53. The number of nitrogens with two attached hydrogens (primary N) is 1. The molecule has 0 aliphatic heterocycles. The third-order valence-electron chi connectivity index (χ3n) is 3.82. The number of hydrogen-bond donors (Lipinski definition) is 2. The Hall–Kier alpha value is -2.42. The zero-order valence-corrected chi connectivity index (χ0v) is 16.8. The highest BCUT2D eigenvalue weighted by Crippen LogP contribution is 2.38. The Morgan fingerprint density at radius 3 is 2.52 bits per heavy atom. The zero-order chi connectivity index (χ0) is 19.7. The van der Waals surface area contributed by atoms with Crippen LogP contribution in [0, 0.1) is 6.92 Å². The molecule has 3 aromatic rings. The van der Waals surface area contributed by atoms with Crippen LogP contribution in [-0.2, 0) is 4.74 Å². The first kappa shape index (κ1) is 19.3. The van der Waals surface area contributed by atoms with Crippen LogP contribution in [0.4, 0.5) is 5.00 Å². The molecular weight excluding hydrogens is 408 g/mol. The van der Waals surface area contributed by atoms with Crippen molar-refractivity contribution in [1.29, 1.82) is 0 Å². The van der Waals surface area contributed by atoms with Gasteiger partial charge in [-0.25, -0.2) is 4.79 Å². The first-order valence-electron chi connectivity index (χ1n) is 7.93. The molecule has 0 spiro atoms. The molecule has 6 nitrogen and oxygen atoms in total. The highest BCUT2D eigenvalue weighted by atomic mass is 35.5. The van der Waals surface area contributed by atoms with E-state index in [1.165, 1.54) is 11.3 Å². The molecule has 2 aromatic heterocycles. The predicted molar refractivity (Wildman–Crippen MR) is 108 cm³/mol. The van der Waals surface area contributed by atoms with Crippen LogP contribution in [0.5, 0.6) is 0 Å². The van der Waals surface area contributed by atoms with Gasteiger partial charge in [0.05, 0.1) is 22.1 Å². The summed E-state index contributed by atoms with van der Waals surface area (Å²) in [5, 5.41) is 4.01. The number of halogens is 1. The molecule has 0 radical (unpaired) electrons. The van der Waals surface area contributed by atoms with Gasteiger partial charge in [0.2, 0.25) is 0 Å². The maximum Gasteiger partial charge on any atom is 0.341 e. The van der Waals surface area contributed by atoms with E-state index in [4.69, 9.17) is 22.1 Å². The lowest BCUT2D eigenvalue weighted by molar-refractivity contribution is 0.0527. The molecule has 0 aliphatic carbocycles. The second-order valence-corrected chi connectivity index (χ2v) is 7.99. The quantitative estimate of drug-likeness (QED) is 0.593. The largest absolute Gasteiger partial charge is 0.462 e. The first-order valence-corrected chi connectivity index (χ1v) is 9.94. The number of carbonyl (C=O) groups excluding carboxylic acids is 3. The van der Waals surface area contributed by atoms with Gasteiger partial charge in [0, 0.05) is 10.1 Å². The van der Waals surface area contributed by atoms with Gasteiger partial charge in [-0.2, -0.15) is 0 Å². The average Bonchev–Trinajstić information content (AvgIpc) is 3.13. The minimum Gasteiger partial charge on any atom is -0.462 e. The SMILES string of the molecule is CCOC(=O)c1c(NC(=O)c2sc3ccccc3c2Cl)sc(C(N)=O)c1C. The molecule has 3 N–H and O–H groups in total. The standard InChI is InChI=1S/C18H15ClN2O4S2/c1-3-25-18(24)11-8(2)13(15(20)22)27-17(11)21-16(23)14-12(19)9-6-4-5-7-10(9)26-14/h4-7H,3H2,1-2H3,(H2,20,22)(H,21,23). The van der Waals surface area contributed by atoms with Crippen LogP contribution < -0.4 is 11.1 Å². The molecule has 27 heavy (non-hydrogen) atoms. The minimum atomic E-state index is -0.677. The van der Waals surface area contributed by atoms with E-state index in [0.29, 0.717) is 15.5 Å². The van der Waals surface area contributed by atoms with Gasteiger partial charge in [-0.05, 0) is 25.5 Å². The van der Waals surface area contributed by atoms with Gasteiger partial charge in [-0.15, -0.1) is 22.7 Å². The number of amides is 2. The molecule has 0 unspecified atom stereocenters. The number of hydrogen-bond acceptors (Lipinski definition) is 6. The molecule has 0 atom stereocenters. The van der Waals surface area contributed by atoms with E-state index in [0.717, 1.165) is 21.4 Å². The number of benzene rings is 1. The van der Waals surface area contributed by atoms with Gasteiger partial charge in [-0.3, -0.25) is 9.59 Å². The van der Waals surface area contributed by atoms with E-state index < -0.39 is 17.8 Å². The van der Waals surface area contributed by atoms with Crippen LogP contribution in [0.25, 0.3) is 10.1 Å². The molecule has 0 bridgehead atoms. The second kappa shape index (κ2) is 7.67. The Kier molecular flexibility index (Phi) is 5.50. The third-order valence-corrected chi connectivity index (χ3v) is 6.71. The average molecular weight is 423 g/mol. The summed E-state index contributed by atoms with van der Waals surface area (Å²) in [4.78, 5) is 37.2. The van der Waals surface area contributed by atoms with Crippen molar-refractivity contribution in [3.63, 3.8) is 0 Å². The fraction of sp³-hybridized carbons (Fsp3) is 0.167. The summed E-state index contributed by atoms with van der Waals surface area (Å²) in [6.07, 6.45) is 0. The maximum absolute atomic E-state index is 12.8. The molecule has 140 valence electrons. The Balaban J connectivity index is 2.02. The number of ether oxygens (including phenoxy) is 1. The molecule has 0 saturated heterocycles. The lowest BCUT2D eigenvalue weighted by atomic mass is 10.1. The van der Waals surface area contributed by atoms with Crippen LogP contribution in [0.15, 0.2) is 24.3 Å². The zero-order valence-electron chi connectivity index (χ0n) is 14.4. The highest BCUT2D eigenvalue weighted by molar-refractivity contribution is 7.22. The molecule has 2 heterocycles. The van der Waals surface area contributed by atoms with Gasteiger partial charge in [0.15, 0.2) is 0 Å². The van der Waals surface area contributed by atoms with Gasteiger partial charge in [0.1, 0.15) is 9.88 Å². The van der Waals surface area contributed by atoms with Crippen molar-refractivity contribution in [2.24, 2.45) is 5.73 Å². The number of primary amides is 1. The van der Waals surface area contributed by atoms with Crippen molar-refractivity contribution in [2.75, 3.05) is 11.9 Å². The molecule has 1 aromatic carbocycles. The monoisotopic (exact) mass is 422 g/mol. The molecule has 0 fully saturated rings. The van der Waals surface area contributed by atoms with E-state index in [1.807, 2.05) is 24.3 Å². The number of anilines is 1. The van der Waals surface area contributed by atoms with Gasteiger partial charge in [0.25, 0.3) is 11.8 Å². The summed E-state index contributed by atoms with van der Waals surface area (Å²) < 4.78 is 5.92. The first-order chi connectivity index (χ1) is 12.8. The predicted octanol–water partition coefficient (Wildman–Crippen LogP) is 4.45. The van der Waals surface area contributed by atoms with Crippen LogP contribution in [0.1, 0.15) is 42.2 Å². The van der Waals surface area contributed by atoms with Gasteiger partial charge < -0.3 is 15.8 Å².